The van der Waals surface area contributed by atoms with Crippen LogP contribution in [0.1, 0.15) is 18.1 Å². The van der Waals surface area contributed by atoms with Crippen LogP contribution < -0.4 is 0 Å². The van der Waals surface area contributed by atoms with Gasteiger partial charge in [0.15, 0.2) is 0 Å². The lowest BCUT2D eigenvalue weighted by Gasteiger charge is -2.38. The highest BCUT2D eigenvalue weighted by atomic mass is 19.4. The van der Waals surface area contributed by atoms with Crippen LogP contribution in [-0.4, -0.2) is 38.1 Å². The SMILES string of the molecule is C=COC(c1ccc(C(OCOCC)(C(F)(F)F)C(F)(F)F)cc1)(C(F)(F)F)C(F)(F)F. The van der Waals surface area contributed by atoms with Crippen LogP contribution in [0.4, 0.5) is 52.7 Å². The Morgan fingerprint density at radius 2 is 1.03 bits per heavy atom. The van der Waals surface area contributed by atoms with Gasteiger partial charge < -0.3 is 14.2 Å². The summed E-state index contributed by atoms with van der Waals surface area (Å²) in [6.45, 7) is 1.93. The maximum Gasteiger partial charge on any atom is 0.442 e. The van der Waals surface area contributed by atoms with E-state index in [1.54, 1.807) is 0 Å². The Balaban J connectivity index is 3.80. The molecule has 0 aromatic heterocycles. The third-order valence-corrected chi connectivity index (χ3v) is 4.12. The summed E-state index contributed by atoms with van der Waals surface area (Å²) in [6, 6.07) is -0.895. The van der Waals surface area contributed by atoms with Crippen LogP contribution >= 0.6 is 0 Å². The second-order valence-electron chi connectivity index (χ2n) is 5.97. The van der Waals surface area contributed by atoms with Gasteiger partial charge in [0.05, 0.1) is 6.26 Å². The largest absolute Gasteiger partial charge is 0.473 e. The van der Waals surface area contributed by atoms with Crippen LogP contribution in [0.15, 0.2) is 37.1 Å². The first-order valence-electron chi connectivity index (χ1n) is 8.21. The molecule has 1 aromatic rings. The average molecular weight is 494 g/mol. The summed E-state index contributed by atoms with van der Waals surface area (Å²) in [5, 5.41) is 0. The van der Waals surface area contributed by atoms with Crippen molar-refractivity contribution in [2.24, 2.45) is 0 Å². The van der Waals surface area contributed by atoms with Gasteiger partial charge in [-0.2, -0.15) is 52.7 Å². The van der Waals surface area contributed by atoms with Gasteiger partial charge in [-0.3, -0.25) is 0 Å². The summed E-state index contributed by atoms with van der Waals surface area (Å²) in [7, 11) is 0. The molecule has 0 saturated carbocycles. The van der Waals surface area contributed by atoms with E-state index in [2.05, 4.69) is 20.8 Å². The molecule has 0 radical (unpaired) electrons. The minimum atomic E-state index is -6.23. The molecule has 0 amide bonds. The molecular formula is C17H14F12O3. The van der Waals surface area contributed by atoms with Crippen molar-refractivity contribution in [3.05, 3.63) is 48.2 Å². The van der Waals surface area contributed by atoms with E-state index in [1.165, 1.54) is 6.92 Å². The predicted molar refractivity (Wildman–Crippen MR) is 82.9 cm³/mol. The Morgan fingerprint density at radius 3 is 1.31 bits per heavy atom. The number of hydrogen-bond acceptors (Lipinski definition) is 3. The highest BCUT2D eigenvalue weighted by Crippen LogP contribution is 2.55. The van der Waals surface area contributed by atoms with E-state index in [1.807, 2.05) is 0 Å². The van der Waals surface area contributed by atoms with Gasteiger partial charge in [-0.15, -0.1) is 0 Å². The van der Waals surface area contributed by atoms with Gasteiger partial charge in [-0.25, -0.2) is 0 Å². The van der Waals surface area contributed by atoms with Crippen molar-refractivity contribution in [3.8, 4) is 0 Å². The molecule has 0 aliphatic rings. The predicted octanol–water partition coefficient (Wildman–Crippen LogP) is 6.50. The Morgan fingerprint density at radius 1 is 0.688 bits per heavy atom. The zero-order chi connectivity index (χ0) is 25.2. The van der Waals surface area contributed by atoms with Gasteiger partial charge >= 0.3 is 30.3 Å². The second-order valence-corrected chi connectivity index (χ2v) is 5.97. The number of ether oxygens (including phenoxy) is 3. The maximum atomic E-state index is 13.5. The molecule has 0 heterocycles. The van der Waals surface area contributed by atoms with E-state index in [0.717, 1.165) is 0 Å². The molecule has 3 nitrogen and oxygen atoms in total. The summed E-state index contributed by atoms with van der Waals surface area (Å²) < 4.78 is 173. The summed E-state index contributed by atoms with van der Waals surface area (Å²) in [5.74, 6) is 0. The van der Waals surface area contributed by atoms with Crippen molar-refractivity contribution in [2.75, 3.05) is 13.4 Å². The van der Waals surface area contributed by atoms with E-state index in [4.69, 9.17) is 0 Å². The van der Waals surface area contributed by atoms with Gasteiger partial charge in [-0.05, 0) is 6.92 Å². The molecule has 0 atom stereocenters. The molecule has 1 rings (SSSR count). The topological polar surface area (TPSA) is 27.7 Å². The van der Waals surface area contributed by atoms with Gasteiger partial charge in [0.25, 0.3) is 5.60 Å². The fourth-order valence-corrected chi connectivity index (χ4v) is 2.70. The molecule has 15 heteroatoms. The van der Waals surface area contributed by atoms with Crippen molar-refractivity contribution in [2.45, 2.75) is 42.8 Å². The molecule has 0 spiro atoms. The lowest BCUT2D eigenvalue weighted by molar-refractivity contribution is -0.401. The van der Waals surface area contributed by atoms with Gasteiger partial charge in [0.2, 0.25) is 0 Å². The Kier molecular flexibility index (Phi) is 7.84. The first kappa shape index (κ1) is 27.9. The number of hydrogen-bond donors (Lipinski definition) is 0. The zero-order valence-electron chi connectivity index (χ0n) is 15.8. The Hall–Kier alpha value is -2.16. The molecule has 32 heavy (non-hydrogen) atoms. The first-order chi connectivity index (χ1) is 14.3. The van der Waals surface area contributed by atoms with Gasteiger partial charge in [-0.1, -0.05) is 30.8 Å². The van der Waals surface area contributed by atoms with Crippen LogP contribution in [0.25, 0.3) is 0 Å². The normalized spacial score (nSPS) is 14.4. The van der Waals surface area contributed by atoms with Crippen molar-refractivity contribution < 1.29 is 66.9 Å². The molecule has 0 fully saturated rings. The lowest BCUT2D eigenvalue weighted by Crippen LogP contribution is -2.56. The second kappa shape index (κ2) is 9.00. The third kappa shape index (κ3) is 4.63. The Bertz CT molecular complexity index is 731. The van der Waals surface area contributed by atoms with Crippen LogP contribution in [0.3, 0.4) is 0 Å². The van der Waals surface area contributed by atoms with Crippen molar-refractivity contribution in [1.82, 2.24) is 0 Å². The van der Waals surface area contributed by atoms with Crippen LogP contribution in [0.5, 0.6) is 0 Å². The van der Waals surface area contributed by atoms with E-state index in [9.17, 15) is 52.7 Å². The zero-order valence-corrected chi connectivity index (χ0v) is 15.8. The first-order valence-corrected chi connectivity index (χ1v) is 8.21. The molecule has 0 saturated heterocycles. The summed E-state index contributed by atoms with van der Waals surface area (Å²) in [5.41, 5.74) is -13.9. The van der Waals surface area contributed by atoms with E-state index in [-0.39, 0.29) is 37.1 Å². The number of rotatable bonds is 8. The quantitative estimate of drug-likeness (QED) is 0.179. The monoisotopic (exact) mass is 494 g/mol. The summed E-state index contributed by atoms with van der Waals surface area (Å²) in [6.07, 6.45) is -25.1. The fraction of sp³-hybridized carbons (Fsp3) is 0.529. The van der Waals surface area contributed by atoms with Gasteiger partial charge in [0.1, 0.15) is 6.79 Å². The third-order valence-electron chi connectivity index (χ3n) is 4.12. The smallest absolute Gasteiger partial charge is 0.442 e. The molecular weight excluding hydrogens is 480 g/mol. The van der Waals surface area contributed by atoms with E-state index < -0.39 is 53.8 Å². The average Bonchev–Trinajstić information content (AvgIpc) is 2.59. The van der Waals surface area contributed by atoms with Crippen LogP contribution in [0, 0.1) is 0 Å². The van der Waals surface area contributed by atoms with Crippen LogP contribution in [-0.2, 0) is 25.4 Å². The molecule has 0 unspecified atom stereocenters. The maximum absolute atomic E-state index is 13.5. The Labute approximate surface area is 172 Å². The summed E-state index contributed by atoms with van der Waals surface area (Å²) in [4.78, 5) is 0. The minimum absolute atomic E-state index is 0.212. The molecule has 0 N–H and O–H groups in total. The van der Waals surface area contributed by atoms with Crippen LogP contribution in [0.2, 0.25) is 0 Å². The van der Waals surface area contributed by atoms with Crippen molar-refractivity contribution in [1.29, 1.82) is 0 Å². The minimum Gasteiger partial charge on any atom is -0.473 e. The van der Waals surface area contributed by atoms with Crippen molar-refractivity contribution in [3.63, 3.8) is 0 Å². The van der Waals surface area contributed by atoms with E-state index >= 15 is 0 Å². The highest BCUT2D eigenvalue weighted by molar-refractivity contribution is 5.35. The highest BCUT2D eigenvalue weighted by Gasteiger charge is 2.76. The number of halogens is 12. The van der Waals surface area contributed by atoms with E-state index in [0.29, 0.717) is 0 Å². The standard InChI is InChI=1S/C17H14F12O3/c1-3-30-9-32-13(16(24,25)26,17(27,28)29)11-7-5-10(6-8-11)12(31-4-2,14(18,19)20)15(21,22)23/h4-8H,2-3,9H2,1H3. The molecule has 184 valence electrons. The number of benzene rings is 1. The lowest BCUT2D eigenvalue weighted by atomic mass is 9.86. The fourth-order valence-electron chi connectivity index (χ4n) is 2.70. The number of alkyl halides is 12. The van der Waals surface area contributed by atoms with Crippen molar-refractivity contribution >= 4 is 0 Å². The van der Waals surface area contributed by atoms with Gasteiger partial charge in [0, 0.05) is 17.7 Å². The molecule has 0 bridgehead atoms. The summed E-state index contributed by atoms with van der Waals surface area (Å²) >= 11 is 0. The molecule has 0 aliphatic heterocycles. The molecule has 0 aliphatic carbocycles. The molecule has 1 aromatic carbocycles.